The van der Waals surface area contributed by atoms with E-state index in [0.29, 0.717) is 12.1 Å². The van der Waals surface area contributed by atoms with Crippen molar-refractivity contribution in [1.82, 2.24) is 10.2 Å². The van der Waals surface area contributed by atoms with Crippen LogP contribution in [0.3, 0.4) is 0 Å². The summed E-state index contributed by atoms with van der Waals surface area (Å²) in [7, 11) is 3.87. The number of rotatable bonds is 7. The third kappa shape index (κ3) is 5.38. The van der Waals surface area contributed by atoms with Crippen molar-refractivity contribution in [3.63, 3.8) is 0 Å². The van der Waals surface area contributed by atoms with Crippen LogP contribution in [0.15, 0.2) is 24.3 Å². The van der Waals surface area contributed by atoms with Crippen LogP contribution in [0, 0.1) is 0 Å². The quantitative estimate of drug-likeness (QED) is 0.649. The second kappa shape index (κ2) is 7.62. The Kier molecular flexibility index (Phi) is 6.14. The maximum atomic E-state index is 11.8. The summed E-state index contributed by atoms with van der Waals surface area (Å²) in [6.45, 7) is 1.36. The summed E-state index contributed by atoms with van der Waals surface area (Å²) >= 11 is 0. The molecule has 0 aliphatic heterocycles. The van der Waals surface area contributed by atoms with Gasteiger partial charge in [-0.15, -0.1) is 0 Å². The Balaban J connectivity index is 2.53. The Hall–Kier alpha value is -1.92. The zero-order valence-electron chi connectivity index (χ0n) is 11.8. The first-order chi connectivity index (χ1) is 9.40. The van der Waals surface area contributed by atoms with Gasteiger partial charge >= 0.3 is 5.97 Å². The van der Waals surface area contributed by atoms with E-state index in [9.17, 15) is 9.59 Å². The fourth-order valence-electron chi connectivity index (χ4n) is 1.63. The number of amides is 1. The van der Waals surface area contributed by atoms with Crippen LogP contribution in [0.1, 0.15) is 15.9 Å². The van der Waals surface area contributed by atoms with Gasteiger partial charge in [0.1, 0.15) is 6.04 Å². The Bertz CT molecular complexity index is 457. The number of aliphatic carboxylic acids is 1. The summed E-state index contributed by atoms with van der Waals surface area (Å²) in [5.41, 5.74) is 6.81. The molecule has 0 unspecified atom stereocenters. The van der Waals surface area contributed by atoms with E-state index in [1.807, 2.05) is 19.0 Å². The summed E-state index contributed by atoms with van der Waals surface area (Å²) < 4.78 is 0. The SMILES string of the molecule is CN(C)CCNC(=O)c1ccc(C[C@H](N)C(=O)O)cc1. The van der Waals surface area contributed by atoms with Crippen molar-refractivity contribution in [3.8, 4) is 0 Å². The minimum atomic E-state index is -1.03. The second-order valence-corrected chi connectivity index (χ2v) is 4.90. The second-order valence-electron chi connectivity index (χ2n) is 4.90. The van der Waals surface area contributed by atoms with E-state index in [-0.39, 0.29) is 12.3 Å². The van der Waals surface area contributed by atoms with Crippen LogP contribution in [0.25, 0.3) is 0 Å². The number of likely N-dealkylation sites (N-methyl/N-ethyl adjacent to an activating group) is 1. The van der Waals surface area contributed by atoms with Crippen molar-refractivity contribution < 1.29 is 14.7 Å². The highest BCUT2D eigenvalue weighted by Gasteiger charge is 2.12. The molecule has 20 heavy (non-hydrogen) atoms. The minimum absolute atomic E-state index is 0.138. The Morgan fingerprint density at radius 3 is 2.40 bits per heavy atom. The lowest BCUT2D eigenvalue weighted by atomic mass is 10.0. The van der Waals surface area contributed by atoms with Crippen LogP contribution in [0.5, 0.6) is 0 Å². The van der Waals surface area contributed by atoms with Crippen molar-refractivity contribution in [3.05, 3.63) is 35.4 Å². The maximum Gasteiger partial charge on any atom is 0.320 e. The van der Waals surface area contributed by atoms with E-state index in [1.165, 1.54) is 0 Å². The number of benzene rings is 1. The number of nitrogens with zero attached hydrogens (tertiary/aromatic N) is 1. The standard InChI is InChI=1S/C14H21N3O3/c1-17(2)8-7-16-13(18)11-5-3-10(4-6-11)9-12(15)14(19)20/h3-6,12H,7-9,15H2,1-2H3,(H,16,18)(H,19,20)/t12-/m0/s1. The van der Waals surface area contributed by atoms with E-state index in [1.54, 1.807) is 24.3 Å². The monoisotopic (exact) mass is 279 g/mol. The van der Waals surface area contributed by atoms with Gasteiger partial charge in [0.2, 0.25) is 0 Å². The van der Waals surface area contributed by atoms with Crippen LogP contribution in [-0.4, -0.2) is 55.1 Å². The molecule has 0 saturated heterocycles. The van der Waals surface area contributed by atoms with Crippen molar-refractivity contribution in [2.45, 2.75) is 12.5 Å². The molecule has 0 heterocycles. The molecule has 0 radical (unpaired) electrons. The van der Waals surface area contributed by atoms with Crippen molar-refractivity contribution >= 4 is 11.9 Å². The van der Waals surface area contributed by atoms with Gasteiger partial charge in [0.15, 0.2) is 0 Å². The molecule has 0 aromatic heterocycles. The van der Waals surface area contributed by atoms with Gasteiger partial charge < -0.3 is 21.1 Å². The summed E-state index contributed by atoms with van der Waals surface area (Å²) in [5, 5.41) is 11.5. The topological polar surface area (TPSA) is 95.7 Å². The smallest absolute Gasteiger partial charge is 0.320 e. The number of carboxylic acids is 1. The Morgan fingerprint density at radius 2 is 1.90 bits per heavy atom. The predicted molar refractivity (Wildman–Crippen MR) is 76.6 cm³/mol. The lowest BCUT2D eigenvalue weighted by Gasteiger charge is -2.11. The van der Waals surface area contributed by atoms with Gasteiger partial charge in [0, 0.05) is 18.7 Å². The molecule has 6 nitrogen and oxygen atoms in total. The third-order valence-electron chi connectivity index (χ3n) is 2.83. The molecular weight excluding hydrogens is 258 g/mol. The zero-order chi connectivity index (χ0) is 15.1. The molecule has 0 aliphatic carbocycles. The number of hydrogen-bond acceptors (Lipinski definition) is 4. The molecular formula is C14H21N3O3. The molecule has 1 aromatic rings. The zero-order valence-corrected chi connectivity index (χ0v) is 11.8. The highest BCUT2D eigenvalue weighted by atomic mass is 16.4. The Morgan fingerprint density at radius 1 is 1.30 bits per heavy atom. The lowest BCUT2D eigenvalue weighted by Crippen LogP contribution is -2.32. The number of nitrogens with two attached hydrogens (primary N) is 1. The van der Waals surface area contributed by atoms with Gasteiger partial charge in [-0.25, -0.2) is 0 Å². The van der Waals surface area contributed by atoms with Crippen LogP contribution >= 0.6 is 0 Å². The van der Waals surface area contributed by atoms with Crippen molar-refractivity contribution in [2.75, 3.05) is 27.2 Å². The number of carbonyl (C=O) groups excluding carboxylic acids is 1. The Labute approximate surface area is 118 Å². The fraction of sp³-hybridized carbons (Fsp3) is 0.429. The molecule has 1 rings (SSSR count). The highest BCUT2D eigenvalue weighted by Crippen LogP contribution is 2.06. The van der Waals surface area contributed by atoms with Crippen molar-refractivity contribution in [2.24, 2.45) is 5.73 Å². The largest absolute Gasteiger partial charge is 0.480 e. The van der Waals surface area contributed by atoms with Crippen LogP contribution in [0.2, 0.25) is 0 Å². The van der Waals surface area contributed by atoms with Gasteiger partial charge in [-0.1, -0.05) is 12.1 Å². The summed E-state index contributed by atoms with van der Waals surface area (Å²) in [6, 6.07) is 5.88. The normalized spacial score (nSPS) is 12.2. The molecule has 1 atom stereocenters. The lowest BCUT2D eigenvalue weighted by molar-refractivity contribution is -0.138. The average Bonchev–Trinajstić information content (AvgIpc) is 2.38. The van der Waals surface area contributed by atoms with Crippen molar-refractivity contribution in [1.29, 1.82) is 0 Å². The summed E-state index contributed by atoms with van der Waals surface area (Å²) in [6.07, 6.45) is 0.248. The number of nitrogens with one attached hydrogen (secondary N) is 1. The average molecular weight is 279 g/mol. The van der Waals surface area contributed by atoms with Gasteiger partial charge in [-0.3, -0.25) is 9.59 Å². The highest BCUT2D eigenvalue weighted by molar-refractivity contribution is 5.94. The van der Waals surface area contributed by atoms with E-state index in [0.717, 1.165) is 12.1 Å². The molecule has 1 aromatic carbocycles. The summed E-state index contributed by atoms with van der Waals surface area (Å²) in [4.78, 5) is 24.5. The number of hydrogen-bond donors (Lipinski definition) is 3. The number of carboxylic acid groups (broad SMARTS) is 1. The predicted octanol–water partition coefficient (Wildman–Crippen LogP) is -0.0676. The first-order valence-electron chi connectivity index (χ1n) is 6.40. The maximum absolute atomic E-state index is 11.8. The van der Waals surface area contributed by atoms with E-state index < -0.39 is 12.0 Å². The first-order valence-corrected chi connectivity index (χ1v) is 6.40. The molecule has 110 valence electrons. The molecule has 1 amide bonds. The van der Waals surface area contributed by atoms with Gasteiger partial charge in [-0.05, 0) is 38.2 Å². The van der Waals surface area contributed by atoms with Gasteiger partial charge in [-0.2, -0.15) is 0 Å². The van der Waals surface area contributed by atoms with Gasteiger partial charge in [0.05, 0.1) is 0 Å². The van der Waals surface area contributed by atoms with E-state index >= 15 is 0 Å². The van der Waals surface area contributed by atoms with E-state index in [4.69, 9.17) is 10.8 Å². The molecule has 4 N–H and O–H groups in total. The van der Waals surface area contributed by atoms with Gasteiger partial charge in [0.25, 0.3) is 5.91 Å². The van der Waals surface area contributed by atoms with Crippen LogP contribution in [-0.2, 0) is 11.2 Å². The molecule has 0 bridgehead atoms. The number of carbonyl (C=O) groups is 2. The molecule has 0 fully saturated rings. The van der Waals surface area contributed by atoms with E-state index in [2.05, 4.69) is 5.32 Å². The summed E-state index contributed by atoms with van der Waals surface area (Å²) in [5.74, 6) is -1.17. The molecule has 0 aliphatic rings. The molecule has 6 heteroatoms. The molecule has 0 saturated carbocycles. The molecule has 0 spiro atoms. The minimum Gasteiger partial charge on any atom is -0.480 e. The first kappa shape index (κ1) is 16.1. The van der Waals surface area contributed by atoms with Crippen LogP contribution < -0.4 is 11.1 Å². The van der Waals surface area contributed by atoms with Crippen LogP contribution in [0.4, 0.5) is 0 Å². The third-order valence-corrected chi connectivity index (χ3v) is 2.83. The fourth-order valence-corrected chi connectivity index (χ4v) is 1.63.